The van der Waals surface area contributed by atoms with Crippen molar-refractivity contribution in [2.75, 3.05) is 7.11 Å². The number of carbonyl (C=O) groups excluding carboxylic acids is 1. The molecule has 4 rings (SSSR count). The molecule has 33 heavy (non-hydrogen) atoms. The zero-order chi connectivity index (χ0) is 23.5. The lowest BCUT2D eigenvalue weighted by atomic mass is 10.1. The van der Waals surface area contributed by atoms with Crippen molar-refractivity contribution in [2.45, 2.75) is 6.61 Å². The molecule has 3 aromatic rings. The van der Waals surface area contributed by atoms with Crippen LogP contribution in [0.2, 0.25) is 5.02 Å². The predicted octanol–water partition coefficient (Wildman–Crippen LogP) is 5.69. The average molecular weight is 474 g/mol. The van der Waals surface area contributed by atoms with E-state index in [1.807, 2.05) is 0 Å². The van der Waals surface area contributed by atoms with Gasteiger partial charge in [-0.25, -0.2) is 23.0 Å². The molecule has 0 atom stereocenters. The Labute approximate surface area is 191 Å². The fourth-order valence-corrected chi connectivity index (χ4v) is 3.27. The van der Waals surface area contributed by atoms with Crippen LogP contribution >= 0.6 is 11.6 Å². The van der Waals surface area contributed by atoms with Crippen molar-refractivity contribution in [3.8, 4) is 11.5 Å². The van der Waals surface area contributed by atoms with Crippen molar-refractivity contribution in [2.24, 2.45) is 4.99 Å². The van der Waals surface area contributed by atoms with Gasteiger partial charge in [0.2, 0.25) is 5.90 Å². The third kappa shape index (κ3) is 4.85. The summed E-state index contributed by atoms with van der Waals surface area (Å²) in [7, 11) is 1.46. The Hall–Kier alpha value is -3.78. The van der Waals surface area contributed by atoms with Crippen molar-refractivity contribution in [1.29, 1.82) is 0 Å². The molecule has 1 aliphatic rings. The van der Waals surface area contributed by atoms with E-state index in [1.165, 1.54) is 19.3 Å². The Morgan fingerprint density at radius 2 is 1.76 bits per heavy atom. The first-order valence-corrected chi connectivity index (χ1v) is 9.95. The van der Waals surface area contributed by atoms with Gasteiger partial charge < -0.3 is 14.2 Å². The minimum Gasteiger partial charge on any atom is -0.493 e. The molecular weight excluding hydrogens is 459 g/mol. The fourth-order valence-electron chi connectivity index (χ4n) is 3.04. The molecule has 9 heteroatoms. The maximum absolute atomic E-state index is 13.9. The number of aliphatic imine (C=N–C) groups is 1. The van der Waals surface area contributed by atoms with Gasteiger partial charge in [0, 0.05) is 5.56 Å². The smallest absolute Gasteiger partial charge is 0.363 e. The van der Waals surface area contributed by atoms with Gasteiger partial charge in [-0.15, -0.1) is 0 Å². The topological polar surface area (TPSA) is 57.1 Å². The van der Waals surface area contributed by atoms with E-state index >= 15 is 0 Å². The van der Waals surface area contributed by atoms with Crippen LogP contribution in [0.3, 0.4) is 0 Å². The molecule has 0 saturated heterocycles. The van der Waals surface area contributed by atoms with E-state index in [4.69, 9.17) is 25.8 Å². The molecule has 0 saturated carbocycles. The number of methoxy groups -OCH3 is 1. The van der Waals surface area contributed by atoms with E-state index in [9.17, 15) is 18.0 Å². The van der Waals surface area contributed by atoms with Crippen LogP contribution in [0.25, 0.3) is 6.08 Å². The SMILES string of the molecule is COc1ccc(C=C2N=C(c3cc(F)c(F)cc3Cl)OC2=O)cc1OCc1ccccc1F. The number of carbonyl (C=O) groups is 1. The van der Waals surface area contributed by atoms with Crippen LogP contribution in [0.5, 0.6) is 11.5 Å². The van der Waals surface area contributed by atoms with E-state index in [1.54, 1.807) is 36.4 Å². The molecule has 1 heterocycles. The molecule has 0 aromatic heterocycles. The van der Waals surface area contributed by atoms with Crippen LogP contribution in [0.4, 0.5) is 13.2 Å². The van der Waals surface area contributed by atoms with Crippen LogP contribution in [0, 0.1) is 17.5 Å². The number of nitrogens with zero attached hydrogens (tertiary/aromatic N) is 1. The summed E-state index contributed by atoms with van der Waals surface area (Å²) in [5.74, 6) is -3.02. The standard InChI is InChI=1S/C24H15ClF3NO4/c1-31-21-7-6-13(9-22(21)32-12-14-4-2-3-5-17(14)26)8-20-24(30)33-23(29-20)15-10-18(27)19(28)11-16(15)25/h2-11H,12H2,1H3. The van der Waals surface area contributed by atoms with Gasteiger partial charge in [-0.1, -0.05) is 35.9 Å². The Kier molecular flexibility index (Phi) is 6.37. The molecule has 3 aromatic carbocycles. The quantitative estimate of drug-likeness (QED) is 0.262. The summed E-state index contributed by atoms with van der Waals surface area (Å²) in [6.45, 7) is -0.0397. The maximum Gasteiger partial charge on any atom is 0.363 e. The van der Waals surface area contributed by atoms with Crippen molar-refractivity contribution in [3.63, 3.8) is 0 Å². The lowest BCUT2D eigenvalue weighted by Gasteiger charge is -2.12. The first-order chi connectivity index (χ1) is 15.9. The number of cyclic esters (lactones) is 1. The van der Waals surface area contributed by atoms with Crippen molar-refractivity contribution in [3.05, 3.63) is 99.5 Å². The van der Waals surface area contributed by atoms with E-state index in [2.05, 4.69) is 4.99 Å². The predicted molar refractivity (Wildman–Crippen MR) is 116 cm³/mol. The van der Waals surface area contributed by atoms with Crippen molar-refractivity contribution in [1.82, 2.24) is 0 Å². The average Bonchev–Trinajstić information content (AvgIpc) is 3.15. The van der Waals surface area contributed by atoms with Crippen LogP contribution in [0.1, 0.15) is 16.7 Å². The van der Waals surface area contributed by atoms with E-state index in [-0.39, 0.29) is 28.8 Å². The molecular formula is C24H15ClF3NO4. The summed E-state index contributed by atoms with van der Waals surface area (Å²) in [5.41, 5.74) is 0.722. The number of esters is 1. The third-order valence-electron chi connectivity index (χ3n) is 4.69. The van der Waals surface area contributed by atoms with Gasteiger partial charge in [-0.3, -0.25) is 0 Å². The van der Waals surface area contributed by atoms with Crippen LogP contribution in [-0.4, -0.2) is 19.0 Å². The highest BCUT2D eigenvalue weighted by Crippen LogP contribution is 2.31. The Balaban J connectivity index is 1.62. The molecule has 168 valence electrons. The Morgan fingerprint density at radius 3 is 2.52 bits per heavy atom. The first kappa shape index (κ1) is 22.4. The molecule has 5 nitrogen and oxygen atoms in total. The molecule has 0 unspecified atom stereocenters. The summed E-state index contributed by atoms with van der Waals surface area (Å²) in [5, 5.41) is -0.157. The van der Waals surface area contributed by atoms with Crippen molar-refractivity contribution < 1.29 is 32.2 Å². The second-order valence-corrected chi connectivity index (χ2v) is 7.28. The summed E-state index contributed by atoms with van der Waals surface area (Å²) < 4.78 is 56.9. The minimum absolute atomic E-state index is 0.0397. The highest BCUT2D eigenvalue weighted by molar-refractivity contribution is 6.34. The summed E-state index contributed by atoms with van der Waals surface area (Å²) in [6, 6.07) is 12.6. The number of rotatable bonds is 6. The van der Waals surface area contributed by atoms with Crippen LogP contribution in [0.15, 0.2) is 65.3 Å². The molecule has 0 fully saturated rings. The van der Waals surface area contributed by atoms with Gasteiger partial charge >= 0.3 is 5.97 Å². The van der Waals surface area contributed by atoms with E-state index < -0.39 is 23.4 Å². The van der Waals surface area contributed by atoms with E-state index in [0.717, 1.165) is 12.1 Å². The first-order valence-electron chi connectivity index (χ1n) is 9.57. The molecule has 0 amide bonds. The van der Waals surface area contributed by atoms with Gasteiger partial charge in [0.05, 0.1) is 17.7 Å². The van der Waals surface area contributed by atoms with Gasteiger partial charge in [0.15, 0.2) is 28.8 Å². The Bertz CT molecular complexity index is 1310. The number of benzene rings is 3. The lowest BCUT2D eigenvalue weighted by Crippen LogP contribution is -2.07. The molecule has 1 aliphatic heterocycles. The zero-order valence-electron chi connectivity index (χ0n) is 17.1. The van der Waals surface area contributed by atoms with E-state index in [0.29, 0.717) is 22.6 Å². The second kappa shape index (κ2) is 9.38. The third-order valence-corrected chi connectivity index (χ3v) is 5.01. The fraction of sp³-hybridized carbons (Fsp3) is 0.0833. The highest BCUT2D eigenvalue weighted by Gasteiger charge is 2.27. The number of hydrogen-bond donors (Lipinski definition) is 0. The van der Waals surface area contributed by atoms with Gasteiger partial charge in [0.25, 0.3) is 0 Å². The second-order valence-electron chi connectivity index (χ2n) is 6.87. The molecule has 0 bridgehead atoms. The lowest BCUT2D eigenvalue weighted by molar-refractivity contribution is -0.129. The largest absolute Gasteiger partial charge is 0.493 e. The summed E-state index contributed by atoms with van der Waals surface area (Å²) >= 11 is 5.93. The van der Waals surface area contributed by atoms with Gasteiger partial charge in [0.1, 0.15) is 12.4 Å². The number of ether oxygens (including phenoxy) is 3. The normalized spacial score (nSPS) is 14.3. The highest BCUT2D eigenvalue weighted by atomic mass is 35.5. The summed E-state index contributed by atoms with van der Waals surface area (Å²) in [4.78, 5) is 16.3. The maximum atomic E-state index is 13.9. The van der Waals surface area contributed by atoms with Crippen LogP contribution < -0.4 is 9.47 Å². The number of halogens is 4. The molecule has 0 N–H and O–H groups in total. The molecule has 0 radical (unpaired) electrons. The molecule has 0 spiro atoms. The number of hydrogen-bond acceptors (Lipinski definition) is 5. The monoisotopic (exact) mass is 473 g/mol. The van der Waals surface area contributed by atoms with Crippen molar-refractivity contribution >= 4 is 29.5 Å². The van der Waals surface area contributed by atoms with Crippen LogP contribution in [-0.2, 0) is 16.1 Å². The Morgan fingerprint density at radius 1 is 1.00 bits per heavy atom. The minimum atomic E-state index is -1.16. The van der Waals surface area contributed by atoms with Gasteiger partial charge in [-0.2, -0.15) is 0 Å². The summed E-state index contributed by atoms with van der Waals surface area (Å²) in [6.07, 6.45) is 1.42. The van der Waals surface area contributed by atoms with Gasteiger partial charge in [-0.05, 0) is 42.0 Å². The zero-order valence-corrected chi connectivity index (χ0v) is 17.8. The molecule has 0 aliphatic carbocycles.